The summed E-state index contributed by atoms with van der Waals surface area (Å²) < 4.78 is 5.02. The summed E-state index contributed by atoms with van der Waals surface area (Å²) in [7, 11) is 0. The van der Waals surface area contributed by atoms with E-state index in [2.05, 4.69) is 16.4 Å². The molecule has 0 aliphatic carbocycles. The predicted molar refractivity (Wildman–Crippen MR) is 78.9 cm³/mol. The fourth-order valence-corrected chi connectivity index (χ4v) is 2.46. The number of carbonyl (C=O) groups is 1. The Morgan fingerprint density at radius 1 is 1.29 bits per heavy atom. The van der Waals surface area contributed by atoms with Crippen molar-refractivity contribution in [1.29, 1.82) is 5.26 Å². The van der Waals surface area contributed by atoms with E-state index in [9.17, 15) is 4.79 Å². The topological polar surface area (TPSA) is 78.9 Å². The Bertz CT molecular complexity index is 798. The lowest BCUT2D eigenvalue weighted by molar-refractivity contribution is 0.0996. The van der Waals surface area contributed by atoms with Gasteiger partial charge >= 0.3 is 0 Å². The van der Waals surface area contributed by atoms with Gasteiger partial charge in [0.15, 0.2) is 10.9 Å². The molecule has 3 aromatic rings. The highest BCUT2D eigenvalue weighted by molar-refractivity contribution is 7.14. The van der Waals surface area contributed by atoms with Gasteiger partial charge in [-0.05, 0) is 24.3 Å². The van der Waals surface area contributed by atoms with Gasteiger partial charge in [-0.2, -0.15) is 5.26 Å². The van der Waals surface area contributed by atoms with Gasteiger partial charge < -0.3 is 4.42 Å². The molecular weight excluding hydrogens is 286 g/mol. The van der Waals surface area contributed by atoms with Gasteiger partial charge in [-0.1, -0.05) is 12.1 Å². The quantitative estimate of drug-likeness (QED) is 0.801. The summed E-state index contributed by atoms with van der Waals surface area (Å²) in [5, 5.41) is 13.8. The first kappa shape index (κ1) is 13.1. The fraction of sp³-hybridized carbons (Fsp3) is 0. The lowest BCUT2D eigenvalue weighted by Crippen LogP contribution is -2.10. The monoisotopic (exact) mass is 295 g/mol. The van der Waals surface area contributed by atoms with Crippen LogP contribution in [0.4, 0.5) is 5.13 Å². The Morgan fingerprint density at radius 3 is 2.76 bits per heavy atom. The van der Waals surface area contributed by atoms with Crippen LogP contribution >= 0.6 is 11.3 Å². The van der Waals surface area contributed by atoms with Crippen molar-refractivity contribution in [3.8, 4) is 17.3 Å². The van der Waals surface area contributed by atoms with Crippen LogP contribution in [0.3, 0.4) is 0 Å². The molecule has 5 nitrogen and oxygen atoms in total. The van der Waals surface area contributed by atoms with Crippen molar-refractivity contribution in [2.75, 3.05) is 5.32 Å². The molecule has 1 N–H and O–H groups in total. The molecule has 1 aromatic carbocycles. The van der Waals surface area contributed by atoms with E-state index < -0.39 is 0 Å². The molecule has 0 saturated heterocycles. The molecule has 0 aliphatic heterocycles. The van der Waals surface area contributed by atoms with Gasteiger partial charge in [-0.3, -0.25) is 10.1 Å². The van der Waals surface area contributed by atoms with Gasteiger partial charge in [0.25, 0.3) is 5.91 Å². The smallest absolute Gasteiger partial charge is 0.293 e. The summed E-state index contributed by atoms with van der Waals surface area (Å²) in [6.07, 6.45) is 1.44. The minimum Gasteiger partial charge on any atom is -0.459 e. The average Bonchev–Trinajstić information content (AvgIpc) is 3.19. The fourth-order valence-electron chi connectivity index (χ4n) is 1.75. The Morgan fingerprint density at radius 2 is 2.10 bits per heavy atom. The Hall–Kier alpha value is -2.91. The van der Waals surface area contributed by atoms with Crippen LogP contribution in [0.5, 0.6) is 0 Å². The van der Waals surface area contributed by atoms with E-state index in [1.54, 1.807) is 24.3 Å². The van der Waals surface area contributed by atoms with Crippen molar-refractivity contribution in [3.63, 3.8) is 0 Å². The van der Waals surface area contributed by atoms with Crippen molar-refractivity contribution in [1.82, 2.24) is 4.98 Å². The number of hydrogen-bond donors (Lipinski definition) is 1. The van der Waals surface area contributed by atoms with E-state index in [4.69, 9.17) is 9.68 Å². The van der Waals surface area contributed by atoms with Gasteiger partial charge in [-0.25, -0.2) is 4.98 Å². The second-order valence-electron chi connectivity index (χ2n) is 4.16. The predicted octanol–water partition coefficient (Wildman–Crippen LogP) is 3.53. The summed E-state index contributed by atoms with van der Waals surface area (Å²) in [6, 6.07) is 12.4. The number of carbonyl (C=O) groups excluding carboxylic acids is 1. The third kappa shape index (κ3) is 2.83. The molecule has 0 unspecified atom stereocenters. The van der Waals surface area contributed by atoms with E-state index in [0.29, 0.717) is 10.7 Å². The standard InChI is InChI=1S/C15H9N3O2S/c16-8-10-3-5-11(6-4-10)12-9-21-15(17-12)18-14(19)13-2-1-7-20-13/h1-7,9H,(H,17,18,19). The lowest BCUT2D eigenvalue weighted by atomic mass is 10.1. The normalized spacial score (nSPS) is 10.0. The number of furan rings is 1. The van der Waals surface area contributed by atoms with Crippen LogP contribution in [0.2, 0.25) is 0 Å². The molecule has 6 heteroatoms. The van der Waals surface area contributed by atoms with Crippen molar-refractivity contribution < 1.29 is 9.21 Å². The number of amides is 1. The van der Waals surface area contributed by atoms with Crippen LogP contribution < -0.4 is 5.32 Å². The number of nitrogens with one attached hydrogen (secondary N) is 1. The highest BCUT2D eigenvalue weighted by Gasteiger charge is 2.11. The summed E-state index contributed by atoms with van der Waals surface area (Å²) >= 11 is 1.33. The molecule has 0 spiro atoms. The molecule has 3 rings (SSSR count). The number of nitrogens with zero attached hydrogens (tertiary/aromatic N) is 2. The van der Waals surface area contributed by atoms with Gasteiger partial charge in [0.2, 0.25) is 0 Å². The number of hydrogen-bond acceptors (Lipinski definition) is 5. The number of benzene rings is 1. The van der Waals surface area contributed by atoms with Crippen molar-refractivity contribution in [2.45, 2.75) is 0 Å². The van der Waals surface area contributed by atoms with Crippen LogP contribution in [-0.4, -0.2) is 10.9 Å². The molecule has 102 valence electrons. The molecular formula is C15H9N3O2S. The molecule has 0 atom stereocenters. The van der Waals surface area contributed by atoms with Crippen molar-refractivity contribution in [2.24, 2.45) is 0 Å². The van der Waals surface area contributed by atoms with E-state index in [0.717, 1.165) is 11.3 Å². The van der Waals surface area contributed by atoms with Crippen molar-refractivity contribution >= 4 is 22.4 Å². The zero-order valence-corrected chi connectivity index (χ0v) is 11.6. The summed E-state index contributed by atoms with van der Waals surface area (Å²) in [5.41, 5.74) is 2.24. The van der Waals surface area contributed by atoms with Crippen LogP contribution in [-0.2, 0) is 0 Å². The second kappa shape index (κ2) is 5.61. The van der Waals surface area contributed by atoms with E-state index in [1.165, 1.54) is 17.6 Å². The number of thiazole rings is 1. The second-order valence-corrected chi connectivity index (χ2v) is 5.02. The third-order valence-electron chi connectivity index (χ3n) is 2.78. The first-order valence-electron chi connectivity index (χ1n) is 6.07. The largest absolute Gasteiger partial charge is 0.459 e. The number of rotatable bonds is 3. The first-order valence-corrected chi connectivity index (χ1v) is 6.95. The lowest BCUT2D eigenvalue weighted by Gasteiger charge is -1.98. The maximum absolute atomic E-state index is 11.8. The first-order chi connectivity index (χ1) is 10.3. The Labute approximate surface area is 124 Å². The molecule has 0 bridgehead atoms. The molecule has 2 aromatic heterocycles. The Kier molecular flexibility index (Phi) is 3.50. The molecule has 0 aliphatic rings. The minimum absolute atomic E-state index is 0.241. The molecule has 0 saturated carbocycles. The van der Waals surface area contributed by atoms with E-state index in [1.807, 2.05) is 17.5 Å². The average molecular weight is 295 g/mol. The van der Waals surface area contributed by atoms with Gasteiger partial charge in [0, 0.05) is 10.9 Å². The number of aromatic nitrogens is 1. The Balaban J connectivity index is 1.77. The van der Waals surface area contributed by atoms with E-state index in [-0.39, 0.29) is 11.7 Å². The SMILES string of the molecule is N#Cc1ccc(-c2csc(NC(=O)c3ccco3)n2)cc1. The summed E-state index contributed by atoms with van der Waals surface area (Å²) in [4.78, 5) is 16.2. The van der Waals surface area contributed by atoms with Gasteiger partial charge in [-0.15, -0.1) is 11.3 Å². The number of anilines is 1. The van der Waals surface area contributed by atoms with E-state index >= 15 is 0 Å². The maximum atomic E-state index is 11.8. The number of nitriles is 1. The molecule has 0 radical (unpaired) electrons. The summed E-state index contributed by atoms with van der Waals surface area (Å²) in [5.74, 6) is -0.0918. The van der Waals surface area contributed by atoms with Crippen LogP contribution in [0, 0.1) is 11.3 Å². The van der Waals surface area contributed by atoms with Crippen LogP contribution in [0.15, 0.2) is 52.5 Å². The zero-order chi connectivity index (χ0) is 14.7. The zero-order valence-electron chi connectivity index (χ0n) is 10.7. The molecule has 2 heterocycles. The van der Waals surface area contributed by atoms with Crippen LogP contribution in [0.1, 0.15) is 16.1 Å². The molecule has 1 amide bonds. The molecule has 21 heavy (non-hydrogen) atoms. The van der Waals surface area contributed by atoms with Gasteiger partial charge in [0.1, 0.15) is 0 Å². The van der Waals surface area contributed by atoms with Gasteiger partial charge in [0.05, 0.1) is 23.6 Å². The summed E-state index contributed by atoms with van der Waals surface area (Å²) in [6.45, 7) is 0. The van der Waals surface area contributed by atoms with Crippen molar-refractivity contribution in [3.05, 3.63) is 59.4 Å². The highest BCUT2D eigenvalue weighted by atomic mass is 32.1. The third-order valence-corrected chi connectivity index (χ3v) is 3.54. The minimum atomic E-state index is -0.333. The van der Waals surface area contributed by atoms with Crippen LogP contribution in [0.25, 0.3) is 11.3 Å². The highest BCUT2D eigenvalue weighted by Crippen LogP contribution is 2.25. The molecule has 0 fully saturated rings. The maximum Gasteiger partial charge on any atom is 0.293 e.